The second-order valence-corrected chi connectivity index (χ2v) is 3.90. The molecule has 0 aliphatic carbocycles. The van der Waals surface area contributed by atoms with Crippen molar-refractivity contribution in [2.75, 3.05) is 19.6 Å². The van der Waals surface area contributed by atoms with Crippen LogP contribution in [-0.2, 0) is 0 Å². The van der Waals surface area contributed by atoms with Gasteiger partial charge in [0.1, 0.15) is 0 Å². The SMILES string of the molecule is C#CC(C)N1CCC(CCN)CC1. The van der Waals surface area contributed by atoms with Crippen LogP contribution in [-0.4, -0.2) is 30.6 Å². The van der Waals surface area contributed by atoms with Crippen molar-refractivity contribution in [1.82, 2.24) is 4.90 Å². The van der Waals surface area contributed by atoms with Crippen LogP contribution in [0.15, 0.2) is 0 Å². The van der Waals surface area contributed by atoms with E-state index in [0.717, 1.165) is 25.6 Å². The van der Waals surface area contributed by atoms with E-state index in [0.29, 0.717) is 6.04 Å². The van der Waals surface area contributed by atoms with Crippen LogP contribution >= 0.6 is 0 Å². The topological polar surface area (TPSA) is 29.3 Å². The zero-order chi connectivity index (χ0) is 9.68. The van der Waals surface area contributed by atoms with Gasteiger partial charge in [0.2, 0.25) is 0 Å². The molecule has 2 nitrogen and oxygen atoms in total. The molecule has 0 aromatic rings. The molecule has 1 fully saturated rings. The van der Waals surface area contributed by atoms with Gasteiger partial charge in [-0.25, -0.2) is 0 Å². The molecule has 0 aromatic heterocycles. The molecule has 74 valence electrons. The largest absolute Gasteiger partial charge is 0.330 e. The molecule has 1 unspecified atom stereocenters. The van der Waals surface area contributed by atoms with Crippen molar-refractivity contribution in [2.24, 2.45) is 11.7 Å². The van der Waals surface area contributed by atoms with Gasteiger partial charge >= 0.3 is 0 Å². The number of rotatable bonds is 3. The lowest BCUT2D eigenvalue weighted by Crippen LogP contribution is -2.39. The minimum absolute atomic E-state index is 0.304. The van der Waals surface area contributed by atoms with Crippen molar-refractivity contribution in [1.29, 1.82) is 0 Å². The lowest BCUT2D eigenvalue weighted by molar-refractivity contribution is 0.163. The summed E-state index contributed by atoms with van der Waals surface area (Å²) >= 11 is 0. The average molecular weight is 180 g/mol. The molecule has 2 heteroatoms. The van der Waals surface area contributed by atoms with E-state index >= 15 is 0 Å². The molecular formula is C11H20N2. The number of nitrogens with zero attached hydrogens (tertiary/aromatic N) is 1. The van der Waals surface area contributed by atoms with Crippen molar-refractivity contribution < 1.29 is 0 Å². The summed E-state index contributed by atoms with van der Waals surface area (Å²) in [6.07, 6.45) is 9.10. The van der Waals surface area contributed by atoms with E-state index in [4.69, 9.17) is 12.2 Å². The highest BCUT2D eigenvalue weighted by molar-refractivity contribution is 4.98. The Kier molecular flexibility index (Phi) is 4.27. The van der Waals surface area contributed by atoms with Gasteiger partial charge in [-0.1, -0.05) is 5.92 Å². The van der Waals surface area contributed by atoms with E-state index in [-0.39, 0.29) is 0 Å². The Balaban J connectivity index is 2.27. The van der Waals surface area contributed by atoms with Gasteiger partial charge in [-0.05, 0) is 51.7 Å². The van der Waals surface area contributed by atoms with Crippen molar-refractivity contribution in [2.45, 2.75) is 32.2 Å². The molecule has 0 spiro atoms. The first kappa shape index (κ1) is 10.6. The van der Waals surface area contributed by atoms with E-state index in [1.807, 2.05) is 0 Å². The van der Waals surface area contributed by atoms with E-state index in [1.54, 1.807) is 0 Å². The molecule has 1 saturated heterocycles. The third-order valence-electron chi connectivity index (χ3n) is 3.01. The highest BCUT2D eigenvalue weighted by Crippen LogP contribution is 2.20. The molecule has 1 heterocycles. The Hall–Kier alpha value is -0.520. The van der Waals surface area contributed by atoms with Crippen molar-refractivity contribution in [3.05, 3.63) is 0 Å². The predicted octanol–water partition coefficient (Wildman–Crippen LogP) is 1.07. The number of likely N-dealkylation sites (tertiary alicyclic amines) is 1. The first-order chi connectivity index (χ1) is 6.27. The number of terminal acetylenes is 1. The molecule has 0 aromatic carbocycles. The molecule has 0 saturated carbocycles. The van der Waals surface area contributed by atoms with Gasteiger partial charge in [0, 0.05) is 0 Å². The highest BCUT2D eigenvalue weighted by Gasteiger charge is 2.20. The Morgan fingerprint density at radius 3 is 2.62 bits per heavy atom. The third-order valence-corrected chi connectivity index (χ3v) is 3.01. The fourth-order valence-corrected chi connectivity index (χ4v) is 1.97. The van der Waals surface area contributed by atoms with Gasteiger partial charge in [0.15, 0.2) is 0 Å². The lowest BCUT2D eigenvalue weighted by Gasteiger charge is -2.33. The predicted molar refractivity (Wildman–Crippen MR) is 56.3 cm³/mol. The number of piperidine rings is 1. The summed E-state index contributed by atoms with van der Waals surface area (Å²) in [5.41, 5.74) is 5.53. The minimum Gasteiger partial charge on any atom is -0.330 e. The zero-order valence-electron chi connectivity index (χ0n) is 8.50. The van der Waals surface area contributed by atoms with Crippen LogP contribution < -0.4 is 5.73 Å². The number of hydrogen-bond acceptors (Lipinski definition) is 2. The molecule has 1 atom stereocenters. The van der Waals surface area contributed by atoms with Gasteiger partial charge in [0.05, 0.1) is 6.04 Å². The summed E-state index contributed by atoms with van der Waals surface area (Å²) in [7, 11) is 0. The van der Waals surface area contributed by atoms with Crippen LogP contribution in [0.2, 0.25) is 0 Å². The molecule has 0 bridgehead atoms. The van der Waals surface area contributed by atoms with Crippen LogP contribution in [0.25, 0.3) is 0 Å². The zero-order valence-corrected chi connectivity index (χ0v) is 8.50. The second-order valence-electron chi connectivity index (χ2n) is 3.90. The van der Waals surface area contributed by atoms with Crippen LogP contribution in [0.1, 0.15) is 26.2 Å². The van der Waals surface area contributed by atoms with Gasteiger partial charge in [0.25, 0.3) is 0 Å². The Bertz CT molecular complexity index is 175. The fourth-order valence-electron chi connectivity index (χ4n) is 1.97. The maximum Gasteiger partial charge on any atom is 0.0683 e. The smallest absolute Gasteiger partial charge is 0.0683 e. The average Bonchev–Trinajstić information content (AvgIpc) is 2.18. The van der Waals surface area contributed by atoms with Crippen LogP contribution in [0.3, 0.4) is 0 Å². The summed E-state index contributed by atoms with van der Waals surface area (Å²) in [6, 6.07) is 0.304. The minimum atomic E-state index is 0.304. The maximum atomic E-state index is 5.53. The summed E-state index contributed by atoms with van der Waals surface area (Å²) < 4.78 is 0. The second kappa shape index (κ2) is 5.26. The third kappa shape index (κ3) is 3.02. The first-order valence-electron chi connectivity index (χ1n) is 5.18. The molecule has 1 aliphatic rings. The van der Waals surface area contributed by atoms with Gasteiger partial charge in [-0.15, -0.1) is 6.42 Å². The molecule has 0 amide bonds. The molecule has 13 heavy (non-hydrogen) atoms. The molecule has 0 radical (unpaired) electrons. The van der Waals surface area contributed by atoms with Gasteiger partial charge < -0.3 is 5.73 Å². The first-order valence-corrected chi connectivity index (χ1v) is 5.18. The van der Waals surface area contributed by atoms with Crippen molar-refractivity contribution in [3.8, 4) is 12.3 Å². The van der Waals surface area contributed by atoms with E-state index in [2.05, 4.69) is 17.7 Å². The lowest BCUT2D eigenvalue weighted by atomic mass is 9.93. The Labute approximate surface area is 81.5 Å². The quantitative estimate of drug-likeness (QED) is 0.658. The summed E-state index contributed by atoms with van der Waals surface area (Å²) in [5, 5.41) is 0. The van der Waals surface area contributed by atoms with Crippen LogP contribution in [0.4, 0.5) is 0 Å². The normalized spacial score (nSPS) is 22.5. The van der Waals surface area contributed by atoms with Crippen molar-refractivity contribution in [3.63, 3.8) is 0 Å². The van der Waals surface area contributed by atoms with Crippen molar-refractivity contribution >= 4 is 0 Å². The summed E-state index contributed by atoms with van der Waals surface area (Å²) in [6.45, 7) is 5.23. The molecule has 1 aliphatic heterocycles. The fraction of sp³-hybridized carbons (Fsp3) is 0.818. The molecule has 1 rings (SSSR count). The molecular weight excluding hydrogens is 160 g/mol. The Morgan fingerprint density at radius 2 is 2.15 bits per heavy atom. The Morgan fingerprint density at radius 1 is 1.54 bits per heavy atom. The molecule has 2 N–H and O–H groups in total. The van der Waals surface area contributed by atoms with Gasteiger partial charge in [-0.2, -0.15) is 0 Å². The maximum absolute atomic E-state index is 5.53. The number of nitrogens with two attached hydrogens (primary N) is 1. The standard InChI is InChI=1S/C11H20N2/c1-3-10(2)13-8-5-11(4-7-12)6-9-13/h1,10-11H,4-9,12H2,2H3. The summed E-state index contributed by atoms with van der Waals surface area (Å²) in [5.74, 6) is 3.62. The monoisotopic (exact) mass is 180 g/mol. The van der Waals surface area contributed by atoms with Crippen LogP contribution in [0.5, 0.6) is 0 Å². The number of hydrogen-bond donors (Lipinski definition) is 1. The van der Waals surface area contributed by atoms with E-state index in [1.165, 1.54) is 19.3 Å². The highest BCUT2D eigenvalue weighted by atomic mass is 15.1. The summed E-state index contributed by atoms with van der Waals surface area (Å²) in [4.78, 5) is 2.38. The van der Waals surface area contributed by atoms with E-state index < -0.39 is 0 Å². The van der Waals surface area contributed by atoms with Gasteiger partial charge in [-0.3, -0.25) is 4.90 Å². The van der Waals surface area contributed by atoms with E-state index in [9.17, 15) is 0 Å². The van der Waals surface area contributed by atoms with Crippen LogP contribution in [0, 0.1) is 18.3 Å².